The highest BCUT2D eigenvalue weighted by Gasteiger charge is 2.12. The van der Waals surface area contributed by atoms with Gasteiger partial charge in [0.05, 0.1) is 32.3 Å². The summed E-state index contributed by atoms with van der Waals surface area (Å²) in [5.41, 5.74) is 3.05. The van der Waals surface area contributed by atoms with Crippen molar-refractivity contribution in [1.82, 2.24) is 9.97 Å². The zero-order valence-electron chi connectivity index (χ0n) is 16.0. The number of amides is 1. The van der Waals surface area contributed by atoms with Crippen molar-refractivity contribution in [2.24, 2.45) is 0 Å². The summed E-state index contributed by atoms with van der Waals surface area (Å²) in [6, 6.07) is 13.4. The molecule has 0 unspecified atom stereocenters. The number of anilines is 2. The van der Waals surface area contributed by atoms with Crippen molar-refractivity contribution in [2.45, 2.75) is 13.5 Å². The zero-order valence-corrected chi connectivity index (χ0v) is 16.0. The van der Waals surface area contributed by atoms with Gasteiger partial charge in [-0.1, -0.05) is 29.8 Å². The van der Waals surface area contributed by atoms with Crippen molar-refractivity contribution in [3.63, 3.8) is 0 Å². The molecule has 2 aromatic carbocycles. The van der Waals surface area contributed by atoms with Crippen molar-refractivity contribution >= 4 is 17.4 Å². The summed E-state index contributed by atoms with van der Waals surface area (Å²) in [7, 11) is 3.09. The molecule has 144 valence electrons. The average molecular weight is 378 g/mol. The topological polar surface area (TPSA) is 85.4 Å². The van der Waals surface area contributed by atoms with Gasteiger partial charge in [0, 0.05) is 12.6 Å². The van der Waals surface area contributed by atoms with Gasteiger partial charge >= 0.3 is 0 Å². The largest absolute Gasteiger partial charge is 0.497 e. The molecule has 0 aliphatic heterocycles. The summed E-state index contributed by atoms with van der Waals surface area (Å²) >= 11 is 0. The maximum atomic E-state index is 12.5. The predicted octanol–water partition coefficient (Wildman–Crippen LogP) is 3.67. The summed E-state index contributed by atoms with van der Waals surface area (Å²) in [6.45, 7) is 2.68. The van der Waals surface area contributed by atoms with Crippen molar-refractivity contribution in [1.29, 1.82) is 0 Å². The molecule has 0 spiro atoms. The molecule has 0 atom stereocenters. The van der Waals surface area contributed by atoms with Crippen LogP contribution in [0.15, 0.2) is 54.9 Å². The molecule has 0 bridgehead atoms. The van der Waals surface area contributed by atoms with E-state index in [1.165, 1.54) is 25.1 Å². The normalized spacial score (nSPS) is 10.2. The van der Waals surface area contributed by atoms with E-state index in [2.05, 4.69) is 44.9 Å². The zero-order chi connectivity index (χ0) is 19.9. The molecule has 1 heterocycles. The van der Waals surface area contributed by atoms with Crippen LogP contribution in [0.3, 0.4) is 0 Å². The molecule has 0 aliphatic carbocycles. The number of aryl methyl sites for hydroxylation is 1. The quantitative estimate of drug-likeness (QED) is 0.653. The Hall–Kier alpha value is -3.61. The Kier molecular flexibility index (Phi) is 6.06. The number of hydrogen-bond acceptors (Lipinski definition) is 6. The average Bonchev–Trinajstić information content (AvgIpc) is 2.73. The SMILES string of the molecule is COc1ccc(OC)c(NC(=O)c2cnc(NCc3ccc(C)cc3)cn2)c1. The van der Waals surface area contributed by atoms with Gasteiger partial charge in [0.15, 0.2) is 0 Å². The lowest BCUT2D eigenvalue weighted by atomic mass is 10.1. The molecule has 0 saturated heterocycles. The molecular weight excluding hydrogens is 356 g/mol. The lowest BCUT2D eigenvalue weighted by Gasteiger charge is -2.11. The van der Waals surface area contributed by atoms with E-state index in [1.54, 1.807) is 25.3 Å². The Morgan fingerprint density at radius 3 is 2.43 bits per heavy atom. The third-order valence-electron chi connectivity index (χ3n) is 4.13. The van der Waals surface area contributed by atoms with Gasteiger partial charge in [-0.25, -0.2) is 9.97 Å². The standard InChI is InChI=1S/C21H22N4O3/c1-14-4-6-15(7-5-14)11-23-20-13-22-18(12-24-20)21(26)25-17-10-16(27-2)8-9-19(17)28-3/h4-10,12-13H,11H2,1-3H3,(H,23,24)(H,25,26). The molecule has 0 aliphatic rings. The van der Waals surface area contributed by atoms with Crippen LogP contribution in [0, 0.1) is 6.92 Å². The second-order valence-electron chi connectivity index (χ2n) is 6.15. The Bertz CT molecular complexity index is 941. The molecule has 0 radical (unpaired) electrons. The summed E-state index contributed by atoms with van der Waals surface area (Å²) in [5.74, 6) is 1.34. The number of nitrogens with zero attached hydrogens (tertiary/aromatic N) is 2. The van der Waals surface area contributed by atoms with Crippen LogP contribution < -0.4 is 20.1 Å². The van der Waals surface area contributed by atoms with E-state index in [4.69, 9.17) is 9.47 Å². The number of carbonyl (C=O) groups excluding carboxylic acids is 1. The van der Waals surface area contributed by atoms with E-state index in [1.807, 2.05) is 6.92 Å². The maximum absolute atomic E-state index is 12.5. The minimum Gasteiger partial charge on any atom is -0.497 e. The van der Waals surface area contributed by atoms with Gasteiger partial charge in [-0.3, -0.25) is 4.79 Å². The minimum atomic E-state index is -0.385. The predicted molar refractivity (Wildman–Crippen MR) is 108 cm³/mol. The van der Waals surface area contributed by atoms with Crippen LogP contribution >= 0.6 is 0 Å². The van der Waals surface area contributed by atoms with E-state index in [0.29, 0.717) is 29.5 Å². The molecular formula is C21H22N4O3. The lowest BCUT2D eigenvalue weighted by molar-refractivity contribution is 0.102. The number of methoxy groups -OCH3 is 2. The van der Waals surface area contributed by atoms with Gasteiger partial charge in [0.2, 0.25) is 0 Å². The third kappa shape index (κ3) is 4.76. The first-order chi connectivity index (χ1) is 13.6. The van der Waals surface area contributed by atoms with Gasteiger partial charge in [-0.15, -0.1) is 0 Å². The molecule has 7 nitrogen and oxygen atoms in total. The Labute approximate surface area is 163 Å². The minimum absolute atomic E-state index is 0.200. The highest BCUT2D eigenvalue weighted by Crippen LogP contribution is 2.29. The molecule has 0 fully saturated rings. The lowest BCUT2D eigenvalue weighted by Crippen LogP contribution is -2.15. The number of benzene rings is 2. The highest BCUT2D eigenvalue weighted by molar-refractivity contribution is 6.03. The Balaban J connectivity index is 1.64. The second kappa shape index (κ2) is 8.85. The molecule has 2 N–H and O–H groups in total. The van der Waals surface area contributed by atoms with E-state index in [9.17, 15) is 4.79 Å². The molecule has 28 heavy (non-hydrogen) atoms. The van der Waals surface area contributed by atoms with Crippen LogP contribution in [0.1, 0.15) is 21.6 Å². The van der Waals surface area contributed by atoms with Crippen LogP contribution in [0.25, 0.3) is 0 Å². The van der Waals surface area contributed by atoms with Gasteiger partial charge < -0.3 is 20.1 Å². The number of carbonyl (C=O) groups is 1. The Morgan fingerprint density at radius 2 is 1.79 bits per heavy atom. The number of nitrogens with one attached hydrogen (secondary N) is 2. The molecule has 3 aromatic rings. The summed E-state index contributed by atoms with van der Waals surface area (Å²) in [6.07, 6.45) is 2.96. The second-order valence-corrected chi connectivity index (χ2v) is 6.15. The fourth-order valence-electron chi connectivity index (χ4n) is 2.53. The van der Waals surface area contributed by atoms with Crippen molar-refractivity contribution < 1.29 is 14.3 Å². The van der Waals surface area contributed by atoms with E-state index in [-0.39, 0.29) is 11.6 Å². The fourth-order valence-corrected chi connectivity index (χ4v) is 2.53. The first kappa shape index (κ1) is 19.2. The number of hydrogen-bond donors (Lipinski definition) is 2. The number of rotatable bonds is 7. The molecule has 7 heteroatoms. The van der Waals surface area contributed by atoms with Crippen LogP contribution in [0.5, 0.6) is 11.5 Å². The summed E-state index contributed by atoms with van der Waals surface area (Å²) < 4.78 is 10.4. The fraction of sp³-hybridized carbons (Fsp3) is 0.190. The number of aromatic nitrogens is 2. The maximum Gasteiger partial charge on any atom is 0.275 e. The Morgan fingerprint density at radius 1 is 1.00 bits per heavy atom. The molecule has 3 rings (SSSR count). The van der Waals surface area contributed by atoms with Gasteiger partial charge in [-0.2, -0.15) is 0 Å². The van der Waals surface area contributed by atoms with Gasteiger partial charge in [0.1, 0.15) is 23.0 Å². The van der Waals surface area contributed by atoms with Gasteiger partial charge in [0.25, 0.3) is 5.91 Å². The molecule has 1 aromatic heterocycles. The number of ether oxygens (including phenoxy) is 2. The van der Waals surface area contributed by atoms with Crippen LogP contribution in [-0.4, -0.2) is 30.1 Å². The van der Waals surface area contributed by atoms with E-state index in [0.717, 1.165) is 5.56 Å². The third-order valence-corrected chi connectivity index (χ3v) is 4.13. The van der Waals surface area contributed by atoms with Crippen LogP contribution in [0.2, 0.25) is 0 Å². The first-order valence-corrected chi connectivity index (χ1v) is 8.74. The first-order valence-electron chi connectivity index (χ1n) is 8.74. The van der Waals surface area contributed by atoms with Crippen LogP contribution in [-0.2, 0) is 6.54 Å². The van der Waals surface area contributed by atoms with E-state index < -0.39 is 0 Å². The monoisotopic (exact) mass is 378 g/mol. The molecule has 0 saturated carbocycles. The molecule has 1 amide bonds. The van der Waals surface area contributed by atoms with Crippen molar-refractivity contribution in [3.8, 4) is 11.5 Å². The van der Waals surface area contributed by atoms with E-state index >= 15 is 0 Å². The highest BCUT2D eigenvalue weighted by atomic mass is 16.5. The summed E-state index contributed by atoms with van der Waals surface area (Å²) in [4.78, 5) is 20.9. The van der Waals surface area contributed by atoms with Gasteiger partial charge in [-0.05, 0) is 24.6 Å². The van der Waals surface area contributed by atoms with Crippen LogP contribution in [0.4, 0.5) is 11.5 Å². The van der Waals surface area contributed by atoms with Crippen molar-refractivity contribution in [2.75, 3.05) is 24.9 Å². The summed E-state index contributed by atoms with van der Waals surface area (Å²) in [5, 5.41) is 5.96. The smallest absolute Gasteiger partial charge is 0.275 e. The van der Waals surface area contributed by atoms with Crippen molar-refractivity contribution in [3.05, 3.63) is 71.7 Å².